The molecule has 1 aliphatic heterocycles. The van der Waals surface area contributed by atoms with E-state index >= 15 is 0 Å². The van der Waals surface area contributed by atoms with Gasteiger partial charge in [-0.3, -0.25) is 4.79 Å². The third kappa shape index (κ3) is 1.98. The van der Waals surface area contributed by atoms with E-state index in [1.165, 1.54) is 0 Å². The van der Waals surface area contributed by atoms with Crippen molar-refractivity contribution in [1.82, 2.24) is 4.90 Å². The molecule has 1 saturated heterocycles. The van der Waals surface area contributed by atoms with Crippen LogP contribution in [0.15, 0.2) is 0 Å². The van der Waals surface area contributed by atoms with E-state index in [2.05, 4.69) is 0 Å². The van der Waals surface area contributed by atoms with Gasteiger partial charge in [-0.25, -0.2) is 4.79 Å². The van der Waals surface area contributed by atoms with Gasteiger partial charge in [-0.15, -0.1) is 0 Å². The number of likely N-dealkylation sites (tertiary alicyclic amines) is 1. The minimum absolute atomic E-state index is 0.0834. The van der Waals surface area contributed by atoms with Crippen LogP contribution in [0.4, 0.5) is 13.2 Å². The minimum atomic E-state index is -4.99. The number of fused-ring (bicyclic) bond motifs is 1. The summed E-state index contributed by atoms with van der Waals surface area (Å²) >= 11 is 0. The number of carboxylic acids is 1. The Kier molecular flexibility index (Phi) is 2.79. The second-order valence-corrected chi connectivity index (χ2v) is 4.59. The molecule has 0 bridgehead atoms. The summed E-state index contributed by atoms with van der Waals surface area (Å²) in [6.45, 7) is -0.0834. The maximum Gasteiger partial charge on any atom is 0.471 e. The summed E-state index contributed by atoms with van der Waals surface area (Å²) in [5, 5.41) is 8.98. The van der Waals surface area contributed by atoms with Gasteiger partial charge in [-0.2, -0.15) is 13.2 Å². The van der Waals surface area contributed by atoms with Crippen LogP contribution in [0.5, 0.6) is 0 Å². The monoisotopic (exact) mass is 251 g/mol. The van der Waals surface area contributed by atoms with Crippen LogP contribution in [0.2, 0.25) is 0 Å². The maximum atomic E-state index is 12.3. The van der Waals surface area contributed by atoms with Gasteiger partial charge in [-0.1, -0.05) is 6.42 Å². The fourth-order valence-electron chi connectivity index (χ4n) is 2.99. The summed E-state index contributed by atoms with van der Waals surface area (Å²) in [5.41, 5.74) is 0. The number of carbonyl (C=O) groups excluding carboxylic acids is 1. The van der Waals surface area contributed by atoms with Crippen LogP contribution >= 0.6 is 0 Å². The van der Waals surface area contributed by atoms with E-state index < -0.39 is 24.1 Å². The van der Waals surface area contributed by atoms with Crippen LogP contribution in [0.25, 0.3) is 0 Å². The number of carbonyl (C=O) groups is 2. The molecular formula is C10H12F3NO3. The fraction of sp³-hybridized carbons (Fsp3) is 0.800. The summed E-state index contributed by atoms with van der Waals surface area (Å²) in [6.07, 6.45) is -2.88. The third-order valence-electron chi connectivity index (χ3n) is 3.65. The van der Waals surface area contributed by atoms with Crippen LogP contribution in [0.3, 0.4) is 0 Å². The molecule has 4 nitrogen and oxygen atoms in total. The molecule has 17 heavy (non-hydrogen) atoms. The van der Waals surface area contributed by atoms with Gasteiger partial charge in [-0.05, 0) is 24.7 Å². The Labute approximate surface area is 95.4 Å². The molecule has 0 aromatic rings. The Bertz CT molecular complexity index is 355. The molecule has 0 aromatic carbocycles. The lowest BCUT2D eigenvalue weighted by Gasteiger charge is -2.25. The van der Waals surface area contributed by atoms with Crippen LogP contribution in [0.1, 0.15) is 19.3 Å². The van der Waals surface area contributed by atoms with E-state index in [-0.39, 0.29) is 18.4 Å². The highest BCUT2D eigenvalue weighted by Crippen LogP contribution is 2.43. The number of carboxylic acid groups (broad SMARTS) is 1. The molecule has 2 rings (SSSR count). The lowest BCUT2D eigenvalue weighted by molar-refractivity contribution is -0.188. The number of rotatable bonds is 1. The second kappa shape index (κ2) is 3.89. The smallest absolute Gasteiger partial charge is 0.471 e. The first-order valence-corrected chi connectivity index (χ1v) is 5.43. The lowest BCUT2D eigenvalue weighted by Crippen LogP contribution is -2.48. The van der Waals surface area contributed by atoms with E-state index in [9.17, 15) is 22.8 Å². The highest BCUT2D eigenvalue weighted by molar-refractivity contribution is 5.88. The standard InChI is InChI=1S/C10H12F3NO3/c11-10(12,13)9(17)14-4-5-2-1-3-6(5)7(14)8(15)16/h5-7H,1-4H2,(H,15,16)/t5-,6-,7-/m0/s1. The van der Waals surface area contributed by atoms with Crippen molar-refractivity contribution < 1.29 is 27.9 Å². The molecule has 3 atom stereocenters. The van der Waals surface area contributed by atoms with Gasteiger partial charge in [0.2, 0.25) is 0 Å². The van der Waals surface area contributed by atoms with Gasteiger partial charge in [0.25, 0.3) is 0 Å². The first-order valence-electron chi connectivity index (χ1n) is 5.43. The number of nitrogens with zero attached hydrogens (tertiary/aromatic N) is 1. The van der Waals surface area contributed by atoms with Gasteiger partial charge in [0, 0.05) is 6.54 Å². The summed E-state index contributed by atoms with van der Waals surface area (Å²) in [6, 6.07) is -1.31. The molecule has 0 spiro atoms. The Morgan fingerprint density at radius 3 is 2.41 bits per heavy atom. The molecule has 1 heterocycles. The van der Waals surface area contributed by atoms with Gasteiger partial charge in [0.05, 0.1) is 0 Å². The fourth-order valence-corrected chi connectivity index (χ4v) is 2.99. The topological polar surface area (TPSA) is 57.6 Å². The zero-order chi connectivity index (χ0) is 12.8. The first kappa shape index (κ1) is 12.2. The predicted molar refractivity (Wildman–Crippen MR) is 50.0 cm³/mol. The molecule has 7 heteroatoms. The van der Waals surface area contributed by atoms with Crippen molar-refractivity contribution in [3.63, 3.8) is 0 Å². The molecular weight excluding hydrogens is 239 g/mol. The van der Waals surface area contributed by atoms with Crippen LogP contribution < -0.4 is 0 Å². The van der Waals surface area contributed by atoms with Crippen molar-refractivity contribution in [3.05, 3.63) is 0 Å². The SMILES string of the molecule is O=C(O)[C@@H]1[C@H]2CCC[C@H]2CN1C(=O)C(F)(F)F. The summed E-state index contributed by atoms with van der Waals surface area (Å²) in [7, 11) is 0. The third-order valence-corrected chi connectivity index (χ3v) is 3.65. The molecule has 0 radical (unpaired) electrons. The van der Waals surface area contributed by atoms with Crippen LogP contribution in [-0.2, 0) is 9.59 Å². The molecule has 96 valence electrons. The molecule has 0 unspecified atom stereocenters. The van der Waals surface area contributed by atoms with Crippen LogP contribution in [0, 0.1) is 11.8 Å². The first-order chi connectivity index (χ1) is 7.82. The summed E-state index contributed by atoms with van der Waals surface area (Å²) in [5.74, 6) is -3.78. The average Bonchev–Trinajstić information content (AvgIpc) is 2.71. The molecule has 0 aromatic heterocycles. The van der Waals surface area contributed by atoms with E-state index in [0.29, 0.717) is 17.7 Å². The Morgan fingerprint density at radius 1 is 1.24 bits per heavy atom. The highest BCUT2D eigenvalue weighted by Gasteiger charge is 2.55. The van der Waals surface area contributed by atoms with E-state index in [4.69, 9.17) is 5.11 Å². The molecule has 1 aliphatic carbocycles. The number of hydrogen-bond acceptors (Lipinski definition) is 2. The largest absolute Gasteiger partial charge is 0.480 e. The number of hydrogen-bond donors (Lipinski definition) is 1. The number of amides is 1. The molecule has 2 fully saturated rings. The van der Waals surface area contributed by atoms with Gasteiger partial charge >= 0.3 is 18.1 Å². The Hall–Kier alpha value is -1.27. The molecule has 2 aliphatic rings. The van der Waals surface area contributed by atoms with Crippen LogP contribution in [-0.4, -0.2) is 40.6 Å². The van der Waals surface area contributed by atoms with E-state index in [0.717, 1.165) is 6.42 Å². The number of alkyl halides is 3. The van der Waals surface area contributed by atoms with Gasteiger partial charge in [0.1, 0.15) is 6.04 Å². The summed E-state index contributed by atoms with van der Waals surface area (Å²) < 4.78 is 37.0. The summed E-state index contributed by atoms with van der Waals surface area (Å²) in [4.78, 5) is 22.7. The second-order valence-electron chi connectivity index (χ2n) is 4.59. The van der Waals surface area contributed by atoms with Crippen molar-refractivity contribution in [2.45, 2.75) is 31.5 Å². The van der Waals surface area contributed by atoms with Gasteiger partial charge in [0.15, 0.2) is 0 Å². The lowest BCUT2D eigenvalue weighted by atomic mass is 9.94. The Balaban J connectivity index is 2.23. The minimum Gasteiger partial charge on any atom is -0.480 e. The normalized spacial score (nSPS) is 32.6. The predicted octanol–water partition coefficient (Wildman–Crippen LogP) is 1.26. The molecule has 1 amide bonds. The zero-order valence-electron chi connectivity index (χ0n) is 8.91. The number of aliphatic carboxylic acids is 1. The van der Waals surface area contributed by atoms with E-state index in [1.807, 2.05) is 0 Å². The zero-order valence-corrected chi connectivity index (χ0v) is 8.91. The van der Waals surface area contributed by atoms with Crippen molar-refractivity contribution in [1.29, 1.82) is 0 Å². The van der Waals surface area contributed by atoms with Crippen molar-refractivity contribution in [3.8, 4) is 0 Å². The van der Waals surface area contributed by atoms with E-state index in [1.54, 1.807) is 0 Å². The Morgan fingerprint density at radius 2 is 1.88 bits per heavy atom. The van der Waals surface area contributed by atoms with Crippen molar-refractivity contribution >= 4 is 11.9 Å². The molecule has 1 N–H and O–H groups in total. The highest BCUT2D eigenvalue weighted by atomic mass is 19.4. The quantitative estimate of drug-likeness (QED) is 0.763. The average molecular weight is 251 g/mol. The van der Waals surface area contributed by atoms with Crippen molar-refractivity contribution in [2.24, 2.45) is 11.8 Å². The van der Waals surface area contributed by atoms with Gasteiger partial charge < -0.3 is 10.0 Å². The number of halogens is 3. The molecule has 1 saturated carbocycles. The van der Waals surface area contributed by atoms with Crippen molar-refractivity contribution in [2.75, 3.05) is 6.54 Å². The maximum absolute atomic E-state index is 12.3.